The highest BCUT2D eigenvalue weighted by Gasteiger charge is 2.28. The number of pyridine rings is 1. The van der Waals surface area contributed by atoms with Crippen LogP contribution in [0.3, 0.4) is 0 Å². The summed E-state index contributed by atoms with van der Waals surface area (Å²) in [5.41, 5.74) is -0.248. The monoisotopic (exact) mass is 435 g/mol. The van der Waals surface area contributed by atoms with Crippen LogP contribution in [0.2, 0.25) is 0 Å². The van der Waals surface area contributed by atoms with Crippen molar-refractivity contribution in [3.05, 3.63) is 66.5 Å². The number of halogens is 2. The van der Waals surface area contributed by atoms with Crippen LogP contribution in [0.4, 0.5) is 14.5 Å². The van der Waals surface area contributed by atoms with E-state index in [1.807, 2.05) is 0 Å². The molecule has 1 aromatic heterocycles. The summed E-state index contributed by atoms with van der Waals surface area (Å²) in [6.07, 6.45) is 3.02. The fourth-order valence-electron chi connectivity index (χ4n) is 2.87. The average Bonchev–Trinajstić information content (AvgIpc) is 2.72. The maximum absolute atomic E-state index is 13.8. The molecule has 7 nitrogen and oxygen atoms in total. The van der Waals surface area contributed by atoms with Gasteiger partial charge in [0.05, 0.1) is 23.7 Å². The molecule has 3 rings (SSSR count). The van der Waals surface area contributed by atoms with E-state index in [2.05, 4.69) is 10.3 Å². The standard InChI is InChI=1S/C20H19F2N3O4S/c1-29-10-9-25(13-20(26)24-18-6-5-15(21)11-17(18)22)30(27,28)19-4-2-3-14-12-23-8-7-16(14)19/h2-8,11-12H,9-10,13H2,1H3,(H,24,26). The smallest absolute Gasteiger partial charge is 0.244 e. The molecule has 1 N–H and O–H groups in total. The van der Waals surface area contributed by atoms with Crippen LogP contribution < -0.4 is 5.32 Å². The van der Waals surface area contributed by atoms with Crippen LogP contribution in [0.1, 0.15) is 0 Å². The lowest BCUT2D eigenvalue weighted by Gasteiger charge is -2.22. The van der Waals surface area contributed by atoms with Crippen LogP contribution in [-0.4, -0.2) is 50.4 Å². The third-order valence-electron chi connectivity index (χ3n) is 4.33. The van der Waals surface area contributed by atoms with Crippen LogP contribution in [-0.2, 0) is 19.6 Å². The number of rotatable bonds is 8. The molecule has 0 bridgehead atoms. The minimum absolute atomic E-state index is 0.0132. The van der Waals surface area contributed by atoms with Gasteiger partial charge in [-0.05, 0) is 24.3 Å². The van der Waals surface area contributed by atoms with Crippen molar-refractivity contribution in [1.29, 1.82) is 0 Å². The fraction of sp³-hybridized carbons (Fsp3) is 0.200. The van der Waals surface area contributed by atoms with Crippen molar-refractivity contribution in [2.24, 2.45) is 0 Å². The first-order valence-corrected chi connectivity index (χ1v) is 10.3. The van der Waals surface area contributed by atoms with Gasteiger partial charge in [-0.25, -0.2) is 17.2 Å². The zero-order chi connectivity index (χ0) is 21.7. The van der Waals surface area contributed by atoms with Gasteiger partial charge in [0.2, 0.25) is 15.9 Å². The molecule has 3 aromatic rings. The molecule has 1 amide bonds. The lowest BCUT2D eigenvalue weighted by Crippen LogP contribution is -2.40. The van der Waals surface area contributed by atoms with Crippen molar-refractivity contribution in [1.82, 2.24) is 9.29 Å². The Morgan fingerprint density at radius 3 is 2.73 bits per heavy atom. The van der Waals surface area contributed by atoms with Crippen LogP contribution in [0, 0.1) is 11.6 Å². The summed E-state index contributed by atoms with van der Waals surface area (Å²) >= 11 is 0. The molecular weight excluding hydrogens is 416 g/mol. The van der Waals surface area contributed by atoms with Crippen molar-refractivity contribution < 1.29 is 26.7 Å². The van der Waals surface area contributed by atoms with Crippen molar-refractivity contribution in [3.63, 3.8) is 0 Å². The highest BCUT2D eigenvalue weighted by Crippen LogP contribution is 2.25. The Kier molecular flexibility index (Phi) is 6.70. The molecule has 1 heterocycles. The number of ether oxygens (including phenoxy) is 1. The molecule has 10 heteroatoms. The number of benzene rings is 2. The zero-order valence-corrected chi connectivity index (χ0v) is 16.8. The highest BCUT2D eigenvalue weighted by atomic mass is 32.2. The maximum Gasteiger partial charge on any atom is 0.244 e. The maximum atomic E-state index is 13.8. The summed E-state index contributed by atoms with van der Waals surface area (Å²) in [6, 6.07) is 9.00. The molecular formula is C20H19F2N3O4S. The molecule has 0 saturated heterocycles. The molecule has 0 radical (unpaired) electrons. The van der Waals surface area contributed by atoms with E-state index in [-0.39, 0.29) is 23.7 Å². The van der Waals surface area contributed by atoms with Crippen LogP contribution in [0.15, 0.2) is 59.8 Å². The Morgan fingerprint density at radius 1 is 1.20 bits per heavy atom. The molecule has 30 heavy (non-hydrogen) atoms. The molecule has 0 atom stereocenters. The van der Waals surface area contributed by atoms with Crippen molar-refractivity contribution in [2.45, 2.75) is 4.90 Å². The highest BCUT2D eigenvalue weighted by molar-refractivity contribution is 7.89. The number of nitrogens with zero attached hydrogens (tertiary/aromatic N) is 2. The Hall–Kier alpha value is -2.95. The Morgan fingerprint density at radius 2 is 2.00 bits per heavy atom. The van der Waals surface area contributed by atoms with Crippen molar-refractivity contribution in [2.75, 3.05) is 32.1 Å². The summed E-state index contributed by atoms with van der Waals surface area (Å²) in [5, 5.41) is 3.35. The number of carbonyl (C=O) groups excluding carboxylic acids is 1. The van der Waals surface area contributed by atoms with E-state index in [0.29, 0.717) is 16.8 Å². The van der Waals surface area contributed by atoms with E-state index in [1.54, 1.807) is 18.2 Å². The third kappa shape index (κ3) is 4.78. The number of amides is 1. The van der Waals surface area contributed by atoms with Gasteiger partial charge in [-0.1, -0.05) is 12.1 Å². The Bertz CT molecular complexity index is 1170. The van der Waals surface area contributed by atoms with Crippen molar-refractivity contribution >= 4 is 32.4 Å². The number of nitrogens with one attached hydrogen (secondary N) is 1. The summed E-state index contributed by atoms with van der Waals surface area (Å²) in [6.45, 7) is -0.632. The molecule has 0 spiro atoms. The number of hydrogen-bond donors (Lipinski definition) is 1. The third-order valence-corrected chi connectivity index (χ3v) is 6.23. The second-order valence-corrected chi connectivity index (χ2v) is 8.26. The van der Waals surface area contributed by atoms with E-state index in [4.69, 9.17) is 4.74 Å². The van der Waals surface area contributed by atoms with Gasteiger partial charge in [0.25, 0.3) is 0 Å². The minimum atomic E-state index is -4.09. The summed E-state index contributed by atoms with van der Waals surface area (Å²) < 4.78 is 59.4. The molecule has 0 unspecified atom stereocenters. The quantitative estimate of drug-likeness (QED) is 0.588. The molecule has 0 fully saturated rings. The first kappa shape index (κ1) is 21.8. The number of carbonyl (C=O) groups is 1. The largest absolute Gasteiger partial charge is 0.383 e. The normalized spacial score (nSPS) is 11.7. The van der Waals surface area contributed by atoms with Gasteiger partial charge in [-0.2, -0.15) is 4.31 Å². The number of sulfonamides is 1. The zero-order valence-electron chi connectivity index (χ0n) is 16.0. The van der Waals surface area contributed by atoms with E-state index in [0.717, 1.165) is 16.4 Å². The predicted molar refractivity (Wildman–Crippen MR) is 107 cm³/mol. The summed E-state index contributed by atoms with van der Waals surface area (Å²) in [4.78, 5) is 16.4. The molecule has 158 valence electrons. The summed E-state index contributed by atoms with van der Waals surface area (Å²) in [7, 11) is -2.69. The molecule has 0 aliphatic heterocycles. The van der Waals surface area contributed by atoms with E-state index in [1.165, 1.54) is 25.6 Å². The Labute approximate surface area is 172 Å². The van der Waals surface area contributed by atoms with Gasteiger partial charge in [0, 0.05) is 42.9 Å². The first-order chi connectivity index (χ1) is 14.3. The van der Waals surface area contributed by atoms with Crippen LogP contribution >= 0.6 is 0 Å². The SMILES string of the molecule is COCCN(CC(=O)Nc1ccc(F)cc1F)S(=O)(=O)c1cccc2cnccc12. The van der Waals surface area contributed by atoms with Gasteiger partial charge < -0.3 is 10.1 Å². The molecule has 0 aliphatic rings. The lowest BCUT2D eigenvalue weighted by molar-refractivity contribution is -0.116. The number of fused-ring (bicyclic) bond motifs is 1. The number of methoxy groups -OCH3 is 1. The fourth-order valence-corrected chi connectivity index (χ4v) is 4.47. The van der Waals surface area contributed by atoms with Crippen molar-refractivity contribution in [3.8, 4) is 0 Å². The van der Waals surface area contributed by atoms with E-state index >= 15 is 0 Å². The van der Waals surface area contributed by atoms with Crippen LogP contribution in [0.5, 0.6) is 0 Å². The van der Waals surface area contributed by atoms with Gasteiger partial charge in [0.1, 0.15) is 11.6 Å². The van der Waals surface area contributed by atoms with Gasteiger partial charge in [-0.15, -0.1) is 0 Å². The number of aromatic nitrogens is 1. The summed E-state index contributed by atoms with van der Waals surface area (Å²) in [5.74, 6) is -2.53. The van der Waals surface area contributed by atoms with Gasteiger partial charge >= 0.3 is 0 Å². The Balaban J connectivity index is 1.89. The van der Waals surface area contributed by atoms with Crippen LogP contribution in [0.25, 0.3) is 10.8 Å². The number of anilines is 1. The topological polar surface area (TPSA) is 88.6 Å². The number of hydrogen-bond acceptors (Lipinski definition) is 5. The second kappa shape index (κ2) is 9.24. The molecule has 0 aliphatic carbocycles. The molecule has 2 aromatic carbocycles. The molecule has 0 saturated carbocycles. The minimum Gasteiger partial charge on any atom is -0.383 e. The predicted octanol–water partition coefficient (Wildman–Crippen LogP) is 2.79. The van der Waals surface area contributed by atoms with Gasteiger partial charge in [-0.3, -0.25) is 9.78 Å². The first-order valence-electron chi connectivity index (χ1n) is 8.89. The lowest BCUT2D eigenvalue weighted by atomic mass is 10.2. The van der Waals surface area contributed by atoms with Gasteiger partial charge in [0.15, 0.2) is 0 Å². The second-order valence-electron chi connectivity index (χ2n) is 6.36. The van der Waals surface area contributed by atoms with E-state index < -0.39 is 34.1 Å². The average molecular weight is 435 g/mol. The van der Waals surface area contributed by atoms with E-state index in [9.17, 15) is 22.0 Å².